The number of carbonyl (C=O) groups excluding carboxylic acids is 2. The van der Waals surface area contributed by atoms with Gasteiger partial charge in [-0.25, -0.2) is 21.9 Å². The molecule has 0 aliphatic rings. The Morgan fingerprint density at radius 3 is 2.39 bits per heavy atom. The van der Waals surface area contributed by atoms with Gasteiger partial charge in [0.2, 0.25) is 10.0 Å². The van der Waals surface area contributed by atoms with E-state index in [4.69, 9.17) is 4.74 Å². The molecular weight excluding hydrogens is 387 g/mol. The van der Waals surface area contributed by atoms with E-state index in [1.165, 1.54) is 14.1 Å². The molecule has 2 aromatic carbocycles. The fourth-order valence-corrected chi connectivity index (χ4v) is 3.28. The highest BCUT2D eigenvalue weighted by Gasteiger charge is 2.22. The number of nitrogens with zero attached hydrogens (tertiary/aromatic N) is 1. The molecule has 0 spiro atoms. The van der Waals surface area contributed by atoms with Crippen LogP contribution in [0, 0.1) is 5.82 Å². The Morgan fingerprint density at radius 2 is 1.79 bits per heavy atom. The first kappa shape index (κ1) is 21.5. The molecule has 1 N–H and O–H groups in total. The number of hydrogen-bond acceptors (Lipinski definition) is 5. The second kappa shape index (κ2) is 8.94. The monoisotopic (exact) mass is 408 g/mol. The van der Waals surface area contributed by atoms with Crippen molar-refractivity contribution in [2.45, 2.75) is 17.9 Å². The Balaban J connectivity index is 2.04. The third-order valence-electron chi connectivity index (χ3n) is 3.95. The van der Waals surface area contributed by atoms with Crippen molar-refractivity contribution in [2.24, 2.45) is 0 Å². The first-order valence-electron chi connectivity index (χ1n) is 8.36. The van der Waals surface area contributed by atoms with Crippen LogP contribution in [0.25, 0.3) is 0 Å². The van der Waals surface area contributed by atoms with Gasteiger partial charge < -0.3 is 10.1 Å². The molecule has 2 rings (SSSR count). The van der Waals surface area contributed by atoms with Crippen molar-refractivity contribution < 1.29 is 27.1 Å². The number of amides is 1. The van der Waals surface area contributed by atoms with Crippen LogP contribution in [-0.4, -0.2) is 45.3 Å². The van der Waals surface area contributed by atoms with Gasteiger partial charge in [-0.15, -0.1) is 0 Å². The molecule has 28 heavy (non-hydrogen) atoms. The van der Waals surface area contributed by atoms with Gasteiger partial charge in [0, 0.05) is 14.1 Å². The Morgan fingerprint density at radius 1 is 1.14 bits per heavy atom. The van der Waals surface area contributed by atoms with Crippen LogP contribution < -0.4 is 5.32 Å². The average molecular weight is 408 g/mol. The van der Waals surface area contributed by atoms with Crippen molar-refractivity contribution in [1.82, 2.24) is 9.62 Å². The molecule has 1 amide bonds. The van der Waals surface area contributed by atoms with Crippen molar-refractivity contribution >= 4 is 21.9 Å². The first-order valence-corrected chi connectivity index (χ1v) is 9.80. The van der Waals surface area contributed by atoms with E-state index < -0.39 is 39.9 Å². The fourth-order valence-electron chi connectivity index (χ4n) is 2.35. The molecule has 0 saturated heterocycles. The first-order chi connectivity index (χ1) is 13.1. The van der Waals surface area contributed by atoms with Crippen molar-refractivity contribution in [1.29, 1.82) is 0 Å². The van der Waals surface area contributed by atoms with E-state index in [9.17, 15) is 22.4 Å². The number of benzene rings is 2. The molecule has 0 aromatic heterocycles. The quantitative estimate of drug-likeness (QED) is 0.709. The van der Waals surface area contributed by atoms with Crippen LogP contribution in [-0.2, 0) is 19.6 Å². The van der Waals surface area contributed by atoms with Crippen molar-refractivity contribution in [3.05, 3.63) is 65.5 Å². The Bertz CT molecular complexity index is 962. The maximum absolute atomic E-state index is 14.0. The fraction of sp³-hybridized carbons (Fsp3) is 0.263. The number of sulfonamides is 1. The zero-order valence-electron chi connectivity index (χ0n) is 15.7. The lowest BCUT2D eigenvalue weighted by molar-refractivity contribution is -0.124. The van der Waals surface area contributed by atoms with E-state index >= 15 is 0 Å². The summed E-state index contributed by atoms with van der Waals surface area (Å²) in [6, 6.07) is 11.7. The molecular formula is C19H21FN2O5S. The van der Waals surface area contributed by atoms with Gasteiger partial charge in [-0.3, -0.25) is 4.79 Å². The number of carbonyl (C=O) groups is 2. The average Bonchev–Trinajstić information content (AvgIpc) is 2.66. The molecule has 0 unspecified atom stereocenters. The largest absolute Gasteiger partial charge is 0.452 e. The normalized spacial score (nSPS) is 12.5. The molecule has 0 fully saturated rings. The highest BCUT2D eigenvalue weighted by atomic mass is 32.2. The number of rotatable bonds is 7. The van der Waals surface area contributed by atoms with Crippen LogP contribution in [0.3, 0.4) is 0 Å². The van der Waals surface area contributed by atoms with E-state index in [0.717, 1.165) is 28.1 Å². The minimum absolute atomic E-state index is 0.256. The minimum Gasteiger partial charge on any atom is -0.452 e. The Labute approximate surface area is 163 Å². The van der Waals surface area contributed by atoms with Crippen molar-refractivity contribution in [2.75, 3.05) is 20.7 Å². The van der Waals surface area contributed by atoms with Gasteiger partial charge in [0.1, 0.15) is 5.82 Å². The summed E-state index contributed by atoms with van der Waals surface area (Å²) in [6.45, 7) is 1.14. The molecule has 0 radical (unpaired) electrons. The van der Waals surface area contributed by atoms with Crippen LogP contribution in [0.15, 0.2) is 53.4 Å². The van der Waals surface area contributed by atoms with E-state index in [1.54, 1.807) is 6.92 Å². The van der Waals surface area contributed by atoms with Crippen molar-refractivity contribution in [3.8, 4) is 0 Å². The topological polar surface area (TPSA) is 92.8 Å². The molecule has 1 atom stereocenters. The second-order valence-electron chi connectivity index (χ2n) is 6.21. The molecule has 0 bridgehead atoms. The smallest absolute Gasteiger partial charge is 0.341 e. The van der Waals surface area contributed by atoms with E-state index in [2.05, 4.69) is 5.32 Å². The summed E-state index contributed by atoms with van der Waals surface area (Å²) in [5.74, 6) is -2.64. The molecule has 0 heterocycles. The molecule has 9 heteroatoms. The predicted octanol–water partition coefficient (Wildman–Crippen LogP) is 2.11. The number of esters is 1. The lowest BCUT2D eigenvalue weighted by Gasteiger charge is -2.15. The van der Waals surface area contributed by atoms with Crippen LogP contribution >= 0.6 is 0 Å². The summed E-state index contributed by atoms with van der Waals surface area (Å²) >= 11 is 0. The lowest BCUT2D eigenvalue weighted by atomic mass is 10.1. The van der Waals surface area contributed by atoms with Crippen LogP contribution in [0.1, 0.15) is 28.9 Å². The van der Waals surface area contributed by atoms with E-state index in [-0.39, 0.29) is 10.9 Å². The third-order valence-corrected chi connectivity index (χ3v) is 5.76. The highest BCUT2D eigenvalue weighted by Crippen LogP contribution is 2.18. The lowest BCUT2D eigenvalue weighted by Crippen LogP contribution is -2.31. The van der Waals surface area contributed by atoms with Crippen molar-refractivity contribution in [3.63, 3.8) is 0 Å². The van der Waals surface area contributed by atoms with Crippen LogP contribution in [0.5, 0.6) is 0 Å². The van der Waals surface area contributed by atoms with Crippen LogP contribution in [0.2, 0.25) is 0 Å². The Kier molecular flexibility index (Phi) is 6.87. The van der Waals surface area contributed by atoms with Gasteiger partial charge in [0.15, 0.2) is 6.61 Å². The molecule has 0 aliphatic heterocycles. The van der Waals surface area contributed by atoms with E-state index in [0.29, 0.717) is 0 Å². The van der Waals surface area contributed by atoms with Gasteiger partial charge in [0.05, 0.1) is 16.5 Å². The van der Waals surface area contributed by atoms with Gasteiger partial charge in [0.25, 0.3) is 5.91 Å². The third kappa shape index (κ3) is 5.14. The Hall–Kier alpha value is -2.78. The van der Waals surface area contributed by atoms with Gasteiger partial charge >= 0.3 is 5.97 Å². The summed E-state index contributed by atoms with van der Waals surface area (Å²) in [6.07, 6.45) is 0. The van der Waals surface area contributed by atoms with Gasteiger partial charge in [-0.2, -0.15) is 0 Å². The number of halogens is 1. The number of hydrogen-bond donors (Lipinski definition) is 1. The second-order valence-corrected chi connectivity index (χ2v) is 8.36. The van der Waals surface area contributed by atoms with E-state index in [1.807, 2.05) is 30.3 Å². The molecule has 2 aromatic rings. The van der Waals surface area contributed by atoms with Crippen LogP contribution in [0.4, 0.5) is 4.39 Å². The highest BCUT2D eigenvalue weighted by molar-refractivity contribution is 7.89. The minimum atomic E-state index is -3.85. The summed E-state index contributed by atoms with van der Waals surface area (Å²) in [5, 5.41) is 2.66. The van der Waals surface area contributed by atoms with Gasteiger partial charge in [-0.05, 0) is 30.7 Å². The zero-order valence-corrected chi connectivity index (χ0v) is 16.5. The molecule has 0 aliphatic carbocycles. The summed E-state index contributed by atoms with van der Waals surface area (Å²) < 4.78 is 44.0. The summed E-state index contributed by atoms with van der Waals surface area (Å²) in [4.78, 5) is 23.8. The summed E-state index contributed by atoms with van der Waals surface area (Å²) in [7, 11) is -1.22. The SMILES string of the molecule is C[C@@H](NC(=O)COC(=O)c1cc(S(=O)(=O)N(C)C)ccc1F)c1ccccc1. The standard InChI is InChI=1S/C19H21FN2O5S/c1-13(14-7-5-4-6-8-14)21-18(23)12-27-19(24)16-11-15(9-10-17(16)20)28(25,26)22(2)3/h4-11,13H,12H2,1-3H3,(H,21,23)/t13-/m1/s1. The molecule has 0 saturated carbocycles. The number of ether oxygens (including phenoxy) is 1. The summed E-state index contributed by atoms with van der Waals surface area (Å²) in [5.41, 5.74) is 0.307. The maximum atomic E-state index is 14.0. The zero-order chi connectivity index (χ0) is 20.9. The predicted molar refractivity (Wildman–Crippen MR) is 101 cm³/mol. The maximum Gasteiger partial charge on any atom is 0.341 e. The molecule has 7 nitrogen and oxygen atoms in total. The number of nitrogens with one attached hydrogen (secondary N) is 1. The molecule has 150 valence electrons. The van der Waals surface area contributed by atoms with Gasteiger partial charge in [-0.1, -0.05) is 30.3 Å².